The number of nitrogens with zero attached hydrogens (tertiary/aromatic N) is 1. The molecule has 0 saturated heterocycles. The topological polar surface area (TPSA) is 65.5 Å². The number of benzene rings is 1. The summed E-state index contributed by atoms with van der Waals surface area (Å²) < 4.78 is 0. The van der Waals surface area contributed by atoms with Crippen LogP contribution in [0.4, 0.5) is 0 Å². The van der Waals surface area contributed by atoms with Crippen molar-refractivity contribution in [2.75, 3.05) is 26.7 Å². The molecule has 0 spiro atoms. The number of hydrogen-bond acceptors (Lipinski definition) is 2. The van der Waals surface area contributed by atoms with Crippen LogP contribution in [0.15, 0.2) is 23.2 Å². The minimum absolute atomic E-state index is 0.00197. The Hall–Kier alpha value is -1.46. The lowest BCUT2D eigenvalue weighted by Crippen LogP contribution is -2.42. The van der Waals surface area contributed by atoms with E-state index in [1.165, 1.54) is 0 Å². The predicted molar refractivity (Wildman–Crippen MR) is 102 cm³/mol. The third kappa shape index (κ3) is 7.88. The van der Waals surface area contributed by atoms with Gasteiger partial charge in [-0.05, 0) is 30.5 Å². The van der Waals surface area contributed by atoms with Crippen LogP contribution in [0.1, 0.15) is 25.8 Å². The Kier molecular flexibility index (Phi) is 9.57. The standard InChI is InChI=1S/C17H26Cl2N4O/c1-12(2)16(24)21-9-10-23-17(20-3)22-8-4-5-13-6-7-14(18)11-15(13)19/h6-7,11-12H,4-5,8-10H2,1-3H3,(H,21,24)(H2,20,22,23). The van der Waals surface area contributed by atoms with Crippen molar-refractivity contribution in [2.45, 2.75) is 26.7 Å². The average Bonchev–Trinajstić information content (AvgIpc) is 2.54. The SMILES string of the molecule is CN=C(NCCCc1ccc(Cl)cc1Cl)NCCNC(=O)C(C)C. The third-order valence-corrected chi connectivity index (χ3v) is 3.98. The smallest absolute Gasteiger partial charge is 0.222 e. The molecule has 1 aromatic carbocycles. The second-order valence-corrected chi connectivity index (χ2v) is 6.55. The Morgan fingerprint density at radius 1 is 1.12 bits per heavy atom. The summed E-state index contributed by atoms with van der Waals surface area (Å²) in [5, 5.41) is 10.6. The first-order valence-corrected chi connectivity index (χ1v) is 8.85. The summed E-state index contributed by atoms with van der Waals surface area (Å²) in [5.74, 6) is 0.776. The Labute approximate surface area is 154 Å². The molecule has 0 heterocycles. The van der Waals surface area contributed by atoms with E-state index in [4.69, 9.17) is 23.2 Å². The number of aryl methyl sites for hydroxylation is 1. The van der Waals surface area contributed by atoms with Crippen molar-refractivity contribution in [3.8, 4) is 0 Å². The molecule has 0 aliphatic carbocycles. The van der Waals surface area contributed by atoms with E-state index in [2.05, 4.69) is 20.9 Å². The van der Waals surface area contributed by atoms with Crippen LogP contribution in [0.5, 0.6) is 0 Å². The van der Waals surface area contributed by atoms with Crippen molar-refractivity contribution in [2.24, 2.45) is 10.9 Å². The van der Waals surface area contributed by atoms with Gasteiger partial charge in [0.15, 0.2) is 5.96 Å². The molecule has 0 radical (unpaired) electrons. The summed E-state index contributed by atoms with van der Waals surface area (Å²) in [7, 11) is 1.72. The molecule has 0 saturated carbocycles. The molecular formula is C17H26Cl2N4O. The Balaban J connectivity index is 2.21. The number of aliphatic imine (C=N–C) groups is 1. The van der Waals surface area contributed by atoms with Gasteiger partial charge in [-0.3, -0.25) is 9.79 Å². The number of carbonyl (C=O) groups is 1. The van der Waals surface area contributed by atoms with Crippen molar-refractivity contribution in [1.29, 1.82) is 0 Å². The molecule has 1 aromatic rings. The summed E-state index contributed by atoms with van der Waals surface area (Å²) in [6.07, 6.45) is 1.79. The number of amides is 1. The van der Waals surface area contributed by atoms with Gasteiger partial charge in [-0.25, -0.2) is 0 Å². The van der Waals surface area contributed by atoms with E-state index in [1.54, 1.807) is 13.1 Å². The van der Waals surface area contributed by atoms with E-state index < -0.39 is 0 Å². The van der Waals surface area contributed by atoms with Gasteiger partial charge in [-0.1, -0.05) is 43.1 Å². The van der Waals surface area contributed by atoms with Gasteiger partial charge < -0.3 is 16.0 Å². The first-order chi connectivity index (χ1) is 11.4. The molecule has 3 N–H and O–H groups in total. The second kappa shape index (κ2) is 11.2. The van der Waals surface area contributed by atoms with Crippen LogP contribution in [-0.4, -0.2) is 38.5 Å². The number of halogens is 2. The first-order valence-electron chi connectivity index (χ1n) is 8.10. The number of rotatable bonds is 8. The van der Waals surface area contributed by atoms with Crippen molar-refractivity contribution in [1.82, 2.24) is 16.0 Å². The van der Waals surface area contributed by atoms with Gasteiger partial charge in [0, 0.05) is 42.6 Å². The maximum Gasteiger partial charge on any atom is 0.222 e. The number of hydrogen-bond donors (Lipinski definition) is 3. The van der Waals surface area contributed by atoms with Crippen molar-refractivity contribution >= 4 is 35.1 Å². The van der Waals surface area contributed by atoms with Crippen molar-refractivity contribution < 1.29 is 4.79 Å². The lowest BCUT2D eigenvalue weighted by atomic mass is 10.1. The largest absolute Gasteiger partial charge is 0.356 e. The van der Waals surface area contributed by atoms with E-state index in [9.17, 15) is 4.79 Å². The quantitative estimate of drug-likeness (QED) is 0.373. The minimum Gasteiger partial charge on any atom is -0.356 e. The van der Waals surface area contributed by atoms with Gasteiger partial charge >= 0.3 is 0 Å². The molecule has 1 amide bonds. The summed E-state index contributed by atoms with van der Waals surface area (Å²) in [6.45, 7) is 5.71. The number of guanidine groups is 1. The average molecular weight is 373 g/mol. The molecule has 0 unspecified atom stereocenters. The normalized spacial score (nSPS) is 11.5. The Morgan fingerprint density at radius 3 is 2.42 bits per heavy atom. The third-order valence-electron chi connectivity index (χ3n) is 3.40. The van der Waals surface area contributed by atoms with Crippen LogP contribution in [0.25, 0.3) is 0 Å². The Morgan fingerprint density at radius 2 is 1.79 bits per heavy atom. The molecule has 0 aliphatic heterocycles. The van der Waals surface area contributed by atoms with Gasteiger partial charge in [-0.2, -0.15) is 0 Å². The minimum atomic E-state index is 0.00197. The van der Waals surface area contributed by atoms with Crippen LogP contribution >= 0.6 is 23.2 Å². The highest BCUT2D eigenvalue weighted by Crippen LogP contribution is 2.21. The molecule has 0 aliphatic rings. The van der Waals surface area contributed by atoms with Crippen molar-refractivity contribution in [3.05, 3.63) is 33.8 Å². The van der Waals surface area contributed by atoms with E-state index in [-0.39, 0.29) is 11.8 Å². The molecule has 24 heavy (non-hydrogen) atoms. The molecule has 5 nitrogen and oxygen atoms in total. The molecular weight excluding hydrogens is 347 g/mol. The van der Waals surface area contributed by atoms with Gasteiger partial charge in [0.25, 0.3) is 0 Å². The maximum absolute atomic E-state index is 11.4. The highest BCUT2D eigenvalue weighted by atomic mass is 35.5. The predicted octanol–water partition coefficient (Wildman–Crippen LogP) is 2.86. The summed E-state index contributed by atoms with van der Waals surface area (Å²) >= 11 is 12.0. The van der Waals surface area contributed by atoms with Crippen LogP contribution in [-0.2, 0) is 11.2 Å². The Bertz CT molecular complexity index is 562. The molecule has 7 heteroatoms. The van der Waals surface area contributed by atoms with Gasteiger partial charge in [0.1, 0.15) is 0 Å². The zero-order valence-corrected chi connectivity index (χ0v) is 16.0. The van der Waals surface area contributed by atoms with E-state index >= 15 is 0 Å². The maximum atomic E-state index is 11.4. The fraction of sp³-hybridized carbons (Fsp3) is 0.529. The molecule has 1 rings (SSSR count). The van der Waals surface area contributed by atoms with Gasteiger partial charge in [0.05, 0.1) is 0 Å². The molecule has 134 valence electrons. The summed E-state index contributed by atoms with van der Waals surface area (Å²) in [6, 6.07) is 5.56. The van der Waals surface area contributed by atoms with Crippen LogP contribution in [0, 0.1) is 5.92 Å². The summed E-state index contributed by atoms with van der Waals surface area (Å²) in [5.41, 5.74) is 1.09. The zero-order chi connectivity index (χ0) is 17.9. The van der Waals surface area contributed by atoms with E-state index in [1.807, 2.05) is 26.0 Å². The fourth-order valence-corrected chi connectivity index (χ4v) is 2.50. The number of carbonyl (C=O) groups excluding carboxylic acids is 1. The summed E-state index contributed by atoms with van der Waals surface area (Å²) in [4.78, 5) is 15.6. The van der Waals surface area contributed by atoms with Gasteiger partial charge in [0.2, 0.25) is 5.91 Å². The first kappa shape index (κ1) is 20.6. The highest BCUT2D eigenvalue weighted by molar-refractivity contribution is 6.35. The monoisotopic (exact) mass is 372 g/mol. The second-order valence-electron chi connectivity index (χ2n) is 5.71. The van der Waals surface area contributed by atoms with E-state index in [0.717, 1.165) is 30.9 Å². The van der Waals surface area contributed by atoms with Crippen LogP contribution in [0.3, 0.4) is 0 Å². The highest BCUT2D eigenvalue weighted by Gasteiger charge is 2.05. The van der Waals surface area contributed by atoms with Crippen LogP contribution in [0.2, 0.25) is 10.0 Å². The fourth-order valence-electron chi connectivity index (χ4n) is 2.00. The zero-order valence-electron chi connectivity index (χ0n) is 14.5. The lowest BCUT2D eigenvalue weighted by molar-refractivity contribution is -0.123. The van der Waals surface area contributed by atoms with Crippen LogP contribution < -0.4 is 16.0 Å². The molecule has 0 aromatic heterocycles. The molecule has 0 fully saturated rings. The lowest BCUT2D eigenvalue weighted by Gasteiger charge is -2.13. The number of nitrogens with one attached hydrogen (secondary N) is 3. The van der Waals surface area contributed by atoms with Gasteiger partial charge in [-0.15, -0.1) is 0 Å². The van der Waals surface area contributed by atoms with Crippen molar-refractivity contribution in [3.63, 3.8) is 0 Å². The van der Waals surface area contributed by atoms with E-state index in [0.29, 0.717) is 23.1 Å². The molecule has 0 bridgehead atoms. The molecule has 0 atom stereocenters.